The second-order valence-electron chi connectivity index (χ2n) is 6.53. The maximum absolute atomic E-state index is 9.03. The Bertz CT molecular complexity index is 888. The van der Waals surface area contributed by atoms with Gasteiger partial charge in [0.05, 0.1) is 0 Å². The van der Waals surface area contributed by atoms with Crippen molar-refractivity contribution in [2.45, 2.75) is 6.92 Å². The van der Waals surface area contributed by atoms with Crippen LogP contribution in [0, 0.1) is 29.6 Å². The van der Waals surface area contributed by atoms with E-state index in [4.69, 9.17) is 10.5 Å². The van der Waals surface area contributed by atoms with Gasteiger partial charge in [-0.05, 0) is 36.8 Å². The van der Waals surface area contributed by atoms with Crippen LogP contribution in [0.5, 0.6) is 0 Å². The molecule has 1 aliphatic rings. The van der Waals surface area contributed by atoms with Crippen molar-refractivity contribution in [1.29, 1.82) is 10.5 Å². The van der Waals surface area contributed by atoms with Gasteiger partial charge in [0.1, 0.15) is 17.7 Å². The van der Waals surface area contributed by atoms with Gasteiger partial charge in [0.2, 0.25) is 0 Å². The van der Waals surface area contributed by atoms with E-state index in [1.165, 1.54) is 11.3 Å². The number of nitriles is 2. The van der Waals surface area contributed by atoms with Crippen molar-refractivity contribution in [3.63, 3.8) is 0 Å². The molecule has 0 amide bonds. The van der Waals surface area contributed by atoms with Crippen LogP contribution in [0.3, 0.4) is 0 Å². The maximum atomic E-state index is 9.03. The number of rotatable bonds is 4. The quantitative estimate of drug-likeness (QED) is 0.612. The van der Waals surface area contributed by atoms with Crippen molar-refractivity contribution in [3.05, 3.63) is 83.4 Å². The summed E-state index contributed by atoms with van der Waals surface area (Å²) in [5, 5.41) is 18.1. The van der Waals surface area contributed by atoms with Crippen molar-refractivity contribution in [3.8, 4) is 12.1 Å². The zero-order valence-corrected chi connectivity index (χ0v) is 15.5. The standard InChI is InChI=1S/C23H22N4/c1-19-7-10-21(11-8-19)23(12-9-20(17-24)18-25)27-15-13-26(14-16-27)22-5-3-2-4-6-22/h2-12H,13-16H2,1H3. The van der Waals surface area contributed by atoms with Gasteiger partial charge < -0.3 is 9.80 Å². The van der Waals surface area contributed by atoms with Crippen molar-refractivity contribution in [1.82, 2.24) is 4.90 Å². The second-order valence-corrected chi connectivity index (χ2v) is 6.53. The minimum absolute atomic E-state index is 0.113. The number of hydrogen-bond acceptors (Lipinski definition) is 4. The SMILES string of the molecule is Cc1ccc(C(=CC=C(C#N)C#N)N2CCN(c3ccccc3)CC2)cc1. The van der Waals surface area contributed by atoms with Gasteiger partial charge in [-0.3, -0.25) is 0 Å². The summed E-state index contributed by atoms with van der Waals surface area (Å²) in [7, 11) is 0. The van der Waals surface area contributed by atoms with E-state index in [1.807, 2.05) is 24.3 Å². The average Bonchev–Trinajstić information content (AvgIpc) is 2.73. The minimum Gasteiger partial charge on any atom is -0.368 e. The molecule has 1 heterocycles. The zero-order valence-electron chi connectivity index (χ0n) is 15.5. The molecule has 0 radical (unpaired) electrons. The Morgan fingerprint density at radius 2 is 1.48 bits per heavy atom. The third-order valence-electron chi connectivity index (χ3n) is 4.74. The molecule has 0 atom stereocenters. The summed E-state index contributed by atoms with van der Waals surface area (Å²) in [5.41, 5.74) is 4.71. The van der Waals surface area contributed by atoms with Gasteiger partial charge in [0.15, 0.2) is 0 Å². The highest BCUT2D eigenvalue weighted by molar-refractivity contribution is 5.67. The molecule has 1 saturated heterocycles. The summed E-state index contributed by atoms with van der Waals surface area (Å²) in [6.45, 7) is 5.70. The first-order valence-electron chi connectivity index (χ1n) is 9.05. The predicted octanol–water partition coefficient (Wildman–Crippen LogP) is 4.13. The highest BCUT2D eigenvalue weighted by Gasteiger charge is 2.19. The molecule has 0 saturated carbocycles. The van der Waals surface area contributed by atoms with Crippen molar-refractivity contribution in [2.75, 3.05) is 31.1 Å². The van der Waals surface area contributed by atoms with Gasteiger partial charge in [-0.2, -0.15) is 10.5 Å². The Hall–Kier alpha value is -3.50. The number of benzene rings is 2. The van der Waals surface area contributed by atoms with E-state index in [0.29, 0.717) is 0 Å². The fraction of sp³-hybridized carbons (Fsp3) is 0.217. The summed E-state index contributed by atoms with van der Waals surface area (Å²) < 4.78 is 0. The van der Waals surface area contributed by atoms with E-state index in [1.54, 1.807) is 6.08 Å². The topological polar surface area (TPSA) is 54.1 Å². The molecule has 27 heavy (non-hydrogen) atoms. The van der Waals surface area contributed by atoms with Crippen molar-refractivity contribution >= 4 is 11.4 Å². The zero-order chi connectivity index (χ0) is 19.1. The lowest BCUT2D eigenvalue weighted by molar-refractivity contribution is 0.367. The van der Waals surface area contributed by atoms with E-state index < -0.39 is 0 Å². The largest absolute Gasteiger partial charge is 0.368 e. The van der Waals surface area contributed by atoms with Gasteiger partial charge in [0.25, 0.3) is 0 Å². The smallest absolute Gasteiger partial charge is 0.129 e. The lowest BCUT2D eigenvalue weighted by Gasteiger charge is -2.38. The average molecular weight is 354 g/mol. The summed E-state index contributed by atoms with van der Waals surface area (Å²) in [6.07, 6.45) is 3.50. The number of piperazine rings is 1. The van der Waals surface area contributed by atoms with Crippen molar-refractivity contribution < 1.29 is 0 Å². The van der Waals surface area contributed by atoms with Gasteiger partial charge in [-0.25, -0.2) is 0 Å². The summed E-state index contributed by atoms with van der Waals surface area (Å²) in [5.74, 6) is 0. The molecule has 4 nitrogen and oxygen atoms in total. The van der Waals surface area contributed by atoms with Crippen LogP contribution in [0.15, 0.2) is 72.3 Å². The maximum Gasteiger partial charge on any atom is 0.129 e. The second kappa shape index (κ2) is 8.74. The number of hydrogen-bond donors (Lipinski definition) is 0. The molecule has 0 spiro atoms. The number of allylic oxidation sites excluding steroid dienone is 3. The summed E-state index contributed by atoms with van der Waals surface area (Å²) >= 11 is 0. The third kappa shape index (κ3) is 4.57. The molecule has 1 aliphatic heterocycles. The number of para-hydroxylation sites is 1. The van der Waals surface area contributed by atoms with E-state index in [-0.39, 0.29) is 5.57 Å². The van der Waals surface area contributed by atoms with Crippen LogP contribution in [0.4, 0.5) is 5.69 Å². The molecule has 0 aromatic heterocycles. The number of nitrogens with zero attached hydrogens (tertiary/aromatic N) is 4. The Labute approximate surface area is 160 Å². The minimum atomic E-state index is 0.113. The molecule has 1 fully saturated rings. The van der Waals surface area contributed by atoms with Crippen LogP contribution in [-0.2, 0) is 0 Å². The molecule has 4 heteroatoms. The Balaban J connectivity index is 1.83. The Morgan fingerprint density at radius 3 is 2.07 bits per heavy atom. The number of anilines is 1. The van der Waals surface area contributed by atoms with E-state index in [0.717, 1.165) is 37.4 Å². The first-order valence-corrected chi connectivity index (χ1v) is 9.05. The van der Waals surface area contributed by atoms with E-state index in [9.17, 15) is 0 Å². The Kier molecular flexibility index (Phi) is 5.92. The molecule has 0 aliphatic carbocycles. The third-order valence-corrected chi connectivity index (χ3v) is 4.74. The molecule has 2 aromatic rings. The van der Waals surface area contributed by atoms with E-state index in [2.05, 4.69) is 65.3 Å². The monoisotopic (exact) mass is 354 g/mol. The molecular weight excluding hydrogens is 332 g/mol. The van der Waals surface area contributed by atoms with Gasteiger partial charge in [-0.15, -0.1) is 0 Å². The molecular formula is C23H22N4. The molecule has 3 rings (SSSR count). The predicted molar refractivity (Wildman–Crippen MR) is 109 cm³/mol. The van der Waals surface area contributed by atoms with Gasteiger partial charge >= 0.3 is 0 Å². The van der Waals surface area contributed by atoms with Crippen LogP contribution in [0.1, 0.15) is 11.1 Å². The highest BCUT2D eigenvalue weighted by atomic mass is 15.3. The fourth-order valence-electron chi connectivity index (χ4n) is 3.21. The van der Waals surface area contributed by atoms with E-state index >= 15 is 0 Å². The van der Waals surface area contributed by atoms with Gasteiger partial charge in [0, 0.05) is 37.6 Å². The normalized spacial score (nSPS) is 14.3. The summed E-state index contributed by atoms with van der Waals surface area (Å²) in [6, 6.07) is 22.7. The lowest BCUT2D eigenvalue weighted by Crippen LogP contribution is -2.45. The lowest BCUT2D eigenvalue weighted by atomic mass is 10.1. The fourth-order valence-corrected chi connectivity index (χ4v) is 3.21. The number of aryl methyl sites for hydroxylation is 1. The van der Waals surface area contributed by atoms with Crippen LogP contribution < -0.4 is 4.90 Å². The van der Waals surface area contributed by atoms with Crippen LogP contribution in [0.2, 0.25) is 0 Å². The first-order chi connectivity index (χ1) is 13.2. The highest BCUT2D eigenvalue weighted by Crippen LogP contribution is 2.24. The summed E-state index contributed by atoms with van der Waals surface area (Å²) in [4.78, 5) is 4.71. The molecule has 0 bridgehead atoms. The van der Waals surface area contributed by atoms with Crippen LogP contribution in [0.25, 0.3) is 5.70 Å². The molecule has 134 valence electrons. The molecule has 0 unspecified atom stereocenters. The van der Waals surface area contributed by atoms with Gasteiger partial charge in [-0.1, -0.05) is 48.0 Å². The Morgan fingerprint density at radius 1 is 0.852 bits per heavy atom. The molecule has 2 aromatic carbocycles. The van der Waals surface area contributed by atoms with Crippen LogP contribution in [-0.4, -0.2) is 31.1 Å². The van der Waals surface area contributed by atoms with Crippen molar-refractivity contribution in [2.24, 2.45) is 0 Å². The molecule has 0 N–H and O–H groups in total. The van der Waals surface area contributed by atoms with Crippen LogP contribution >= 0.6 is 0 Å². The first kappa shape index (κ1) is 18.3.